The van der Waals surface area contributed by atoms with E-state index in [1.807, 2.05) is 45.2 Å². The first kappa shape index (κ1) is 42.4. The first-order valence-corrected chi connectivity index (χ1v) is 18.5. The quantitative estimate of drug-likeness (QED) is 0.0517. The summed E-state index contributed by atoms with van der Waals surface area (Å²) in [5, 5.41) is 15.2. The molecule has 0 unspecified atom stereocenters. The molecule has 6 rings (SSSR count). The summed E-state index contributed by atoms with van der Waals surface area (Å²) in [6, 6.07) is 29.3. The van der Waals surface area contributed by atoms with Crippen LogP contribution in [0.25, 0.3) is 54.7 Å². The second-order valence-corrected chi connectivity index (χ2v) is 14.7. The molecule has 0 spiro atoms. The molecule has 1 radical (unpaired) electrons. The number of alkyl halides is 3. The molecule has 1 heterocycles. The number of carbonyl (C=O) groups excluding carboxylic acids is 1. The normalized spacial score (nSPS) is 12.4. The number of hydrogen-bond acceptors (Lipinski definition) is 2. The molecule has 0 saturated carbocycles. The van der Waals surface area contributed by atoms with Gasteiger partial charge >= 0.3 is 12.0 Å². The van der Waals surface area contributed by atoms with Gasteiger partial charge < -0.3 is 10.1 Å². The average Bonchev–Trinajstić information content (AvgIpc) is 3.15. The Morgan fingerprint density at radius 2 is 1.37 bits per heavy atom. The van der Waals surface area contributed by atoms with E-state index in [-0.39, 0.29) is 36.3 Å². The Bertz CT molecular complexity index is 2300. The minimum atomic E-state index is -4.40. The summed E-state index contributed by atoms with van der Waals surface area (Å²) in [6.45, 7) is 16.4. The van der Waals surface area contributed by atoms with Crippen molar-refractivity contribution in [1.82, 2.24) is 4.98 Å². The average molecular weight is 910 g/mol. The molecule has 2 N–H and O–H groups in total. The van der Waals surface area contributed by atoms with Crippen molar-refractivity contribution in [3.8, 4) is 22.4 Å². The van der Waals surface area contributed by atoms with Crippen LogP contribution in [0, 0.1) is 30.7 Å². The zero-order valence-electron chi connectivity index (χ0n) is 32.4. The summed E-state index contributed by atoms with van der Waals surface area (Å²) in [4.78, 5) is 14.8. The smallest absolute Gasteiger partial charge is 0.417 e. The Hall–Kier alpha value is -4.32. The van der Waals surface area contributed by atoms with Gasteiger partial charge in [-0.1, -0.05) is 103 Å². The number of aliphatic hydroxyl groups is 1. The number of ketones is 1. The van der Waals surface area contributed by atoms with Crippen LogP contribution in [0.15, 0.2) is 103 Å². The number of nitrogens with zero attached hydrogens (tertiary/aromatic N) is 1. The van der Waals surface area contributed by atoms with E-state index in [0.717, 1.165) is 80.7 Å². The minimum absolute atomic E-state index is 0. The summed E-state index contributed by atoms with van der Waals surface area (Å²) in [6.07, 6.45) is 2.46. The molecule has 0 aliphatic heterocycles. The Kier molecular flexibility index (Phi) is 13.4. The number of allylic oxidation sites excluding steroid dienone is 2. The van der Waals surface area contributed by atoms with Crippen molar-refractivity contribution in [3.63, 3.8) is 0 Å². The van der Waals surface area contributed by atoms with E-state index in [1.54, 1.807) is 30.3 Å². The second kappa shape index (κ2) is 17.0. The van der Waals surface area contributed by atoms with Crippen molar-refractivity contribution in [2.24, 2.45) is 10.8 Å². The molecule has 3 nitrogen and oxygen atoms in total. The minimum Gasteiger partial charge on any atom is -0.511 e. The van der Waals surface area contributed by atoms with E-state index < -0.39 is 11.7 Å². The molecule has 285 valence electrons. The molecule has 5 aromatic carbocycles. The number of pyridine rings is 1. The van der Waals surface area contributed by atoms with Crippen LogP contribution in [0.4, 0.5) is 13.2 Å². The third-order valence-corrected chi connectivity index (χ3v) is 11.3. The van der Waals surface area contributed by atoms with Crippen LogP contribution in [0.5, 0.6) is 0 Å². The van der Waals surface area contributed by atoms with E-state index in [2.05, 4.69) is 76.0 Å². The first-order valence-electron chi connectivity index (χ1n) is 18.5. The predicted molar refractivity (Wildman–Crippen MR) is 216 cm³/mol. The van der Waals surface area contributed by atoms with Crippen LogP contribution >= 0.6 is 0 Å². The number of aryl methyl sites for hydroxylation is 2. The fraction of sp³-hybridized carbons (Fsp3) is 0.319. The van der Waals surface area contributed by atoms with Crippen LogP contribution in [0.2, 0.25) is 0 Å². The third kappa shape index (κ3) is 8.64. The van der Waals surface area contributed by atoms with Gasteiger partial charge in [-0.3, -0.25) is 4.79 Å². The van der Waals surface area contributed by atoms with Crippen LogP contribution in [0.1, 0.15) is 83.9 Å². The number of aliphatic hydroxyl groups excluding tert-OH is 1. The summed E-state index contributed by atoms with van der Waals surface area (Å²) >= 11 is 0. The molecular weight excluding hydrogens is 860 g/mol. The van der Waals surface area contributed by atoms with E-state index >= 15 is 0 Å². The molecule has 0 bridgehead atoms. The molecule has 0 aliphatic rings. The predicted octanol–water partition coefficient (Wildman–Crippen LogP) is 13.9. The molecule has 0 amide bonds. The molecule has 6 aromatic rings. The molecular formula is C47H50F3IrNO2. The molecule has 1 aromatic heterocycles. The summed E-state index contributed by atoms with van der Waals surface area (Å²) < 4.78 is 40.8. The Morgan fingerprint density at radius 3 is 1.98 bits per heavy atom. The number of halogens is 3. The monoisotopic (exact) mass is 910 g/mol. The first-order chi connectivity index (χ1) is 25.1. The Morgan fingerprint density at radius 1 is 0.741 bits per heavy atom. The molecule has 0 saturated heterocycles. The van der Waals surface area contributed by atoms with Crippen molar-refractivity contribution in [2.45, 2.75) is 87.2 Å². The number of rotatable bonds is 9. The molecule has 0 atom stereocenters. The zero-order chi connectivity index (χ0) is 38.7. The SMILES string of the molecule is CCC(C)(CC)C(=[OH+])/C=C(\O)C(C)(CC)CC.Cc1[c-]c(-c2nccc3c2ccc2cc(-c4ccc(C(F)(F)F)c5ccccc45)ccc23)cc(C)c1.[Ir]. The Balaban J connectivity index is 0.000000309. The van der Waals surface area contributed by atoms with Gasteiger partial charge in [-0.15, -0.1) is 34.9 Å². The van der Waals surface area contributed by atoms with Gasteiger partial charge in [0.25, 0.3) is 0 Å². The van der Waals surface area contributed by atoms with Gasteiger partial charge in [0.05, 0.1) is 17.1 Å². The van der Waals surface area contributed by atoms with E-state index in [4.69, 9.17) is 0 Å². The maximum Gasteiger partial charge on any atom is 0.417 e. The standard InChI is InChI=1S/C32H21F3N.C15H28O2.Ir/c1-19-15-20(2)17-23(16-19)31-29-10-8-22-18-21(7-9-24(22)27(29)13-14-36-31)25-11-12-30(32(33,34)35)28-6-4-3-5-26(25)28;1-7-14(5,8-2)12(16)11-13(17)15(6,9-3)10-4;/h3-16,18H,1-2H3;11,16H,7-10H2,1-6H3;/q-1;;/p+1/b;12-11-;. The van der Waals surface area contributed by atoms with Crippen molar-refractivity contribution < 1.29 is 43.2 Å². The van der Waals surface area contributed by atoms with E-state index in [0.29, 0.717) is 16.9 Å². The zero-order valence-corrected chi connectivity index (χ0v) is 34.8. The fourth-order valence-electron chi connectivity index (χ4n) is 6.90. The van der Waals surface area contributed by atoms with Crippen molar-refractivity contribution in [1.29, 1.82) is 0 Å². The van der Waals surface area contributed by atoms with Gasteiger partial charge in [-0.25, -0.2) is 0 Å². The van der Waals surface area contributed by atoms with Crippen molar-refractivity contribution >= 4 is 38.1 Å². The van der Waals surface area contributed by atoms with Crippen LogP contribution in [-0.2, 0) is 26.3 Å². The largest absolute Gasteiger partial charge is 0.511 e. The number of fused-ring (bicyclic) bond motifs is 4. The van der Waals surface area contributed by atoms with E-state index in [1.165, 1.54) is 12.1 Å². The van der Waals surface area contributed by atoms with Crippen LogP contribution in [-0.4, -0.2) is 20.7 Å². The van der Waals surface area contributed by atoms with Gasteiger partial charge in [0.1, 0.15) is 5.76 Å². The number of benzene rings is 5. The molecule has 0 aliphatic carbocycles. The summed E-state index contributed by atoms with van der Waals surface area (Å²) in [5.41, 5.74) is 4.67. The van der Waals surface area contributed by atoms with Gasteiger partial charge in [0.15, 0.2) is 0 Å². The second-order valence-electron chi connectivity index (χ2n) is 14.7. The maximum atomic E-state index is 13.6. The maximum absolute atomic E-state index is 13.6. The van der Waals surface area contributed by atoms with Crippen molar-refractivity contribution in [2.75, 3.05) is 0 Å². The summed E-state index contributed by atoms with van der Waals surface area (Å²) in [7, 11) is 0. The molecule has 54 heavy (non-hydrogen) atoms. The van der Waals surface area contributed by atoms with Gasteiger partial charge in [-0.05, 0) is 99.9 Å². The summed E-state index contributed by atoms with van der Waals surface area (Å²) in [5.74, 6) is 0.598. The number of hydrogen-bond donors (Lipinski definition) is 1. The number of aromatic nitrogens is 1. The van der Waals surface area contributed by atoms with Gasteiger partial charge in [-0.2, -0.15) is 13.2 Å². The van der Waals surface area contributed by atoms with Crippen LogP contribution in [0.3, 0.4) is 0 Å². The molecule has 7 heteroatoms. The molecule has 0 fully saturated rings. The topological polar surface area (TPSA) is 54.5 Å². The van der Waals surface area contributed by atoms with E-state index in [9.17, 15) is 23.1 Å². The van der Waals surface area contributed by atoms with Crippen molar-refractivity contribution in [3.05, 3.63) is 126 Å². The van der Waals surface area contributed by atoms with Crippen LogP contribution < -0.4 is 0 Å². The third-order valence-electron chi connectivity index (χ3n) is 11.3. The fourth-order valence-corrected chi connectivity index (χ4v) is 6.90. The van der Waals surface area contributed by atoms with Gasteiger partial charge in [0.2, 0.25) is 0 Å². The van der Waals surface area contributed by atoms with Gasteiger partial charge in [0, 0.05) is 31.7 Å². The Labute approximate surface area is 331 Å².